The molecule has 0 aliphatic carbocycles. The van der Waals surface area contributed by atoms with E-state index in [1.807, 2.05) is 32.1 Å². The molecule has 0 atom stereocenters. The predicted octanol–water partition coefficient (Wildman–Crippen LogP) is 3.67. The smallest absolute Gasteiger partial charge is 0.0579 e. The maximum atomic E-state index is 3.90. The minimum Gasteiger partial charge on any atom is -0.265 e. The maximum absolute atomic E-state index is 3.90. The minimum absolute atomic E-state index is 0.838. The third kappa shape index (κ3) is 5.85. The Kier molecular flexibility index (Phi) is 5.53. The Labute approximate surface area is 80.9 Å². The zero-order valence-electron chi connectivity index (χ0n) is 8.51. The Balaban J connectivity index is 4.19. The normalized spacial score (nSPS) is 11.7. The van der Waals surface area contributed by atoms with Gasteiger partial charge in [-0.25, -0.2) is 0 Å². The number of hydrogen-bond acceptors (Lipinski definition) is 1. The van der Waals surface area contributed by atoms with Crippen molar-refractivity contribution in [1.82, 2.24) is 0 Å². The van der Waals surface area contributed by atoms with Crippen molar-refractivity contribution in [2.75, 3.05) is 0 Å². The highest BCUT2D eigenvalue weighted by molar-refractivity contribution is 5.35. The van der Waals surface area contributed by atoms with Gasteiger partial charge in [-0.3, -0.25) is 4.99 Å². The van der Waals surface area contributed by atoms with Crippen LogP contribution in [0.25, 0.3) is 0 Å². The Bertz CT molecular complexity index is 267. The van der Waals surface area contributed by atoms with E-state index in [4.69, 9.17) is 0 Å². The van der Waals surface area contributed by atoms with Gasteiger partial charge in [-0.2, -0.15) is 0 Å². The van der Waals surface area contributed by atoms with E-state index in [-0.39, 0.29) is 0 Å². The highest BCUT2D eigenvalue weighted by Crippen LogP contribution is 2.09. The van der Waals surface area contributed by atoms with Crippen molar-refractivity contribution in [1.29, 1.82) is 0 Å². The van der Waals surface area contributed by atoms with E-state index in [9.17, 15) is 0 Å². The summed E-state index contributed by atoms with van der Waals surface area (Å²) in [5.74, 6) is 0. The van der Waals surface area contributed by atoms with Crippen molar-refractivity contribution in [3.05, 3.63) is 48.2 Å². The molecular formula is C12H17N. The van der Waals surface area contributed by atoms with Gasteiger partial charge < -0.3 is 0 Å². The molecule has 1 nitrogen and oxygen atoms in total. The lowest BCUT2D eigenvalue weighted by molar-refractivity contribution is 1.17. The van der Waals surface area contributed by atoms with Gasteiger partial charge in [0.05, 0.1) is 5.70 Å². The molecule has 0 heterocycles. The molecule has 0 spiro atoms. The molecule has 0 radical (unpaired) electrons. The molecule has 0 saturated carbocycles. The monoisotopic (exact) mass is 175 g/mol. The Morgan fingerprint density at radius 1 is 1.31 bits per heavy atom. The summed E-state index contributed by atoms with van der Waals surface area (Å²) in [5.41, 5.74) is 3.02. The van der Waals surface area contributed by atoms with Crippen molar-refractivity contribution in [2.24, 2.45) is 4.99 Å². The zero-order valence-corrected chi connectivity index (χ0v) is 8.51. The van der Waals surface area contributed by atoms with Crippen LogP contribution in [0.1, 0.15) is 20.3 Å². The molecule has 0 rings (SSSR count). The number of hydrogen-bond donors (Lipinski definition) is 0. The van der Waals surface area contributed by atoms with Gasteiger partial charge in [0.25, 0.3) is 0 Å². The summed E-state index contributed by atoms with van der Waals surface area (Å²) in [6.45, 7) is 15.1. The van der Waals surface area contributed by atoms with Gasteiger partial charge >= 0.3 is 0 Å². The van der Waals surface area contributed by atoms with Crippen molar-refractivity contribution in [3.63, 3.8) is 0 Å². The highest BCUT2D eigenvalue weighted by Gasteiger charge is 1.89. The quantitative estimate of drug-likeness (QED) is 0.343. The van der Waals surface area contributed by atoms with E-state index >= 15 is 0 Å². The number of aliphatic imine (C=N–C) groups is 1. The molecule has 1 heteroatoms. The van der Waals surface area contributed by atoms with Crippen LogP contribution in [-0.2, 0) is 0 Å². The second kappa shape index (κ2) is 6.18. The number of rotatable bonds is 5. The first kappa shape index (κ1) is 11.6. The van der Waals surface area contributed by atoms with Crippen LogP contribution in [0.3, 0.4) is 0 Å². The van der Waals surface area contributed by atoms with Gasteiger partial charge in [0, 0.05) is 0 Å². The van der Waals surface area contributed by atoms with E-state index in [0.29, 0.717) is 0 Å². The molecule has 0 aliphatic heterocycles. The topological polar surface area (TPSA) is 12.4 Å². The molecule has 0 aromatic rings. The van der Waals surface area contributed by atoms with Crippen molar-refractivity contribution in [2.45, 2.75) is 20.3 Å². The van der Waals surface area contributed by atoms with Crippen LogP contribution in [0, 0.1) is 0 Å². The summed E-state index contributed by atoms with van der Waals surface area (Å²) < 4.78 is 0. The molecule has 0 bridgehead atoms. The van der Waals surface area contributed by atoms with Crippen LogP contribution in [0.4, 0.5) is 0 Å². The Morgan fingerprint density at radius 3 is 2.31 bits per heavy atom. The third-order valence-corrected chi connectivity index (χ3v) is 1.50. The second-order valence-electron chi connectivity index (χ2n) is 3.00. The predicted molar refractivity (Wildman–Crippen MR) is 61.0 cm³/mol. The van der Waals surface area contributed by atoms with Crippen LogP contribution in [0.5, 0.6) is 0 Å². The van der Waals surface area contributed by atoms with Crippen LogP contribution < -0.4 is 0 Å². The Morgan fingerprint density at radius 2 is 1.92 bits per heavy atom. The van der Waals surface area contributed by atoms with Crippen molar-refractivity contribution in [3.8, 4) is 0 Å². The van der Waals surface area contributed by atoms with E-state index in [0.717, 1.165) is 23.3 Å². The number of allylic oxidation sites excluding steroid dienone is 5. The first-order valence-electron chi connectivity index (χ1n) is 4.23. The maximum Gasteiger partial charge on any atom is 0.0579 e. The van der Waals surface area contributed by atoms with Gasteiger partial charge in [-0.1, -0.05) is 36.5 Å². The lowest BCUT2D eigenvalue weighted by Gasteiger charge is -1.97. The fourth-order valence-corrected chi connectivity index (χ4v) is 0.890. The van der Waals surface area contributed by atoms with E-state index in [2.05, 4.69) is 24.9 Å². The lowest BCUT2D eigenvalue weighted by Crippen LogP contribution is -1.78. The molecule has 0 N–H and O–H groups in total. The molecule has 0 unspecified atom stereocenters. The molecule has 0 aliphatic rings. The van der Waals surface area contributed by atoms with Gasteiger partial charge in [-0.15, -0.1) is 0 Å². The second-order valence-corrected chi connectivity index (χ2v) is 3.00. The van der Waals surface area contributed by atoms with Crippen molar-refractivity contribution < 1.29 is 0 Å². The summed E-state index contributed by atoms with van der Waals surface area (Å²) in [6, 6.07) is 0. The zero-order chi connectivity index (χ0) is 10.3. The highest BCUT2D eigenvalue weighted by atomic mass is 14.7. The van der Waals surface area contributed by atoms with Crippen LogP contribution >= 0.6 is 0 Å². The standard InChI is InChI=1S/C12H17N/c1-6-12(13-5)8-7-11(4)9-10(2)3/h6-8H,2,4-5,9H2,1,3H3. The fourth-order valence-electron chi connectivity index (χ4n) is 0.890. The molecule has 0 aromatic carbocycles. The van der Waals surface area contributed by atoms with Gasteiger partial charge in [0.1, 0.15) is 0 Å². The first-order chi connectivity index (χ1) is 6.10. The Hall–Kier alpha value is -1.37. The van der Waals surface area contributed by atoms with Crippen LogP contribution in [0.2, 0.25) is 0 Å². The lowest BCUT2D eigenvalue weighted by atomic mass is 10.1. The minimum atomic E-state index is 0.838. The summed E-state index contributed by atoms with van der Waals surface area (Å²) in [6.07, 6.45) is 6.58. The molecule has 70 valence electrons. The molecule has 0 amide bonds. The van der Waals surface area contributed by atoms with E-state index in [1.54, 1.807) is 0 Å². The molecular weight excluding hydrogens is 158 g/mol. The molecule has 0 saturated heterocycles. The first-order valence-corrected chi connectivity index (χ1v) is 4.23. The van der Waals surface area contributed by atoms with Gasteiger partial charge in [0.2, 0.25) is 0 Å². The molecule has 13 heavy (non-hydrogen) atoms. The van der Waals surface area contributed by atoms with E-state index in [1.165, 1.54) is 0 Å². The average molecular weight is 175 g/mol. The number of nitrogens with zero attached hydrogens (tertiary/aromatic N) is 1. The van der Waals surface area contributed by atoms with Crippen LogP contribution in [-0.4, -0.2) is 6.72 Å². The fraction of sp³-hybridized carbons (Fsp3) is 0.250. The summed E-state index contributed by atoms with van der Waals surface area (Å²) in [5, 5.41) is 0. The summed E-state index contributed by atoms with van der Waals surface area (Å²) in [4.78, 5) is 3.82. The van der Waals surface area contributed by atoms with E-state index < -0.39 is 0 Å². The summed E-state index contributed by atoms with van der Waals surface area (Å²) in [7, 11) is 0. The third-order valence-electron chi connectivity index (χ3n) is 1.50. The van der Waals surface area contributed by atoms with Gasteiger partial charge in [-0.05, 0) is 33.1 Å². The SMILES string of the molecule is C=NC(C=CC(=C)CC(=C)C)=CC. The largest absolute Gasteiger partial charge is 0.265 e. The summed E-state index contributed by atoms with van der Waals surface area (Å²) >= 11 is 0. The average Bonchev–Trinajstić information content (AvgIpc) is 2.05. The van der Waals surface area contributed by atoms with Gasteiger partial charge in [0.15, 0.2) is 0 Å². The molecule has 0 fully saturated rings. The van der Waals surface area contributed by atoms with Crippen molar-refractivity contribution >= 4 is 6.72 Å². The van der Waals surface area contributed by atoms with Crippen LogP contribution in [0.15, 0.2) is 53.2 Å². The molecule has 0 aromatic heterocycles.